The molecule has 0 atom stereocenters. The molecule has 2 rings (SSSR count). The molecule has 1 amide bonds. The van der Waals surface area contributed by atoms with Gasteiger partial charge in [-0.2, -0.15) is 0 Å². The van der Waals surface area contributed by atoms with Crippen LogP contribution in [-0.4, -0.2) is 13.0 Å². The predicted octanol–water partition coefficient (Wildman–Crippen LogP) is 4.70. The molecule has 0 N–H and O–H groups in total. The second-order valence-corrected chi connectivity index (χ2v) is 6.75. The van der Waals surface area contributed by atoms with Crippen LogP contribution in [0, 0.1) is 6.92 Å². The minimum Gasteiger partial charge on any atom is -0.315 e. The number of amides is 1. The fourth-order valence-electron chi connectivity index (χ4n) is 2.29. The van der Waals surface area contributed by atoms with Gasteiger partial charge in [-0.15, -0.1) is 0 Å². The maximum atomic E-state index is 12.8. The molecule has 110 valence electrons. The van der Waals surface area contributed by atoms with Crippen LogP contribution < -0.4 is 4.90 Å². The Kier molecular flexibility index (Phi) is 4.52. The van der Waals surface area contributed by atoms with Crippen LogP contribution in [0.4, 0.5) is 5.69 Å². The summed E-state index contributed by atoms with van der Waals surface area (Å²) >= 11 is 3.43. The van der Waals surface area contributed by atoms with Gasteiger partial charge in [0.05, 0.1) is 5.41 Å². The highest BCUT2D eigenvalue weighted by Gasteiger charge is 2.32. The second-order valence-electron chi connectivity index (χ2n) is 5.83. The first kappa shape index (κ1) is 15.8. The summed E-state index contributed by atoms with van der Waals surface area (Å²) in [5.74, 6) is 0.0775. The third kappa shape index (κ3) is 3.35. The van der Waals surface area contributed by atoms with E-state index in [0.29, 0.717) is 0 Å². The lowest BCUT2D eigenvalue weighted by Crippen LogP contribution is -2.41. The van der Waals surface area contributed by atoms with Crippen LogP contribution in [-0.2, 0) is 10.2 Å². The fraction of sp³-hybridized carbons (Fsp3) is 0.278. The van der Waals surface area contributed by atoms with Crippen LogP contribution in [0.5, 0.6) is 0 Å². The van der Waals surface area contributed by atoms with Crippen molar-refractivity contribution >= 4 is 27.5 Å². The Hall–Kier alpha value is -1.61. The van der Waals surface area contributed by atoms with Gasteiger partial charge in [-0.05, 0) is 50.6 Å². The lowest BCUT2D eigenvalue weighted by molar-refractivity contribution is -0.122. The van der Waals surface area contributed by atoms with E-state index in [9.17, 15) is 4.79 Å². The highest BCUT2D eigenvalue weighted by Crippen LogP contribution is 2.28. The van der Waals surface area contributed by atoms with E-state index in [1.165, 1.54) is 5.56 Å². The Balaban J connectivity index is 2.28. The molecular weight excluding hydrogens is 326 g/mol. The normalized spacial score (nSPS) is 11.3. The van der Waals surface area contributed by atoms with E-state index < -0.39 is 5.41 Å². The van der Waals surface area contributed by atoms with E-state index >= 15 is 0 Å². The standard InChI is InChI=1S/C18H20BrNO/c1-13-5-11-16(12-6-13)20(4)17(21)18(2,3)14-7-9-15(19)10-8-14/h5-12H,1-4H3. The minimum atomic E-state index is -0.569. The molecule has 2 aromatic carbocycles. The molecule has 0 fully saturated rings. The lowest BCUT2D eigenvalue weighted by Gasteiger charge is -2.30. The number of anilines is 1. The summed E-state index contributed by atoms with van der Waals surface area (Å²) in [5.41, 5.74) is 2.54. The number of carbonyl (C=O) groups excluding carboxylic acids is 1. The molecule has 0 aliphatic carbocycles. The Bertz CT molecular complexity index is 629. The highest BCUT2D eigenvalue weighted by molar-refractivity contribution is 9.10. The Labute approximate surface area is 134 Å². The summed E-state index contributed by atoms with van der Waals surface area (Å²) in [5, 5.41) is 0. The number of benzene rings is 2. The van der Waals surface area contributed by atoms with Crippen molar-refractivity contribution in [3.8, 4) is 0 Å². The smallest absolute Gasteiger partial charge is 0.236 e. The third-order valence-electron chi connectivity index (χ3n) is 3.83. The molecule has 0 heterocycles. The molecule has 0 aromatic heterocycles. The van der Waals surface area contributed by atoms with E-state index in [0.717, 1.165) is 15.7 Å². The van der Waals surface area contributed by atoms with Gasteiger partial charge in [0.15, 0.2) is 0 Å². The van der Waals surface area contributed by atoms with Gasteiger partial charge in [0.1, 0.15) is 0 Å². The second kappa shape index (κ2) is 6.02. The number of hydrogen-bond acceptors (Lipinski definition) is 1. The van der Waals surface area contributed by atoms with Gasteiger partial charge in [-0.1, -0.05) is 45.8 Å². The SMILES string of the molecule is Cc1ccc(N(C)C(=O)C(C)(C)c2ccc(Br)cc2)cc1. The molecule has 0 saturated heterocycles. The van der Waals surface area contributed by atoms with E-state index in [4.69, 9.17) is 0 Å². The third-order valence-corrected chi connectivity index (χ3v) is 4.36. The van der Waals surface area contributed by atoms with Gasteiger partial charge in [0.25, 0.3) is 0 Å². The first-order valence-corrected chi connectivity index (χ1v) is 7.72. The molecule has 2 nitrogen and oxygen atoms in total. The number of carbonyl (C=O) groups is 1. The number of nitrogens with zero attached hydrogens (tertiary/aromatic N) is 1. The molecule has 0 bridgehead atoms. The summed E-state index contributed by atoms with van der Waals surface area (Å²) in [7, 11) is 1.83. The highest BCUT2D eigenvalue weighted by atomic mass is 79.9. The average molecular weight is 346 g/mol. The average Bonchev–Trinajstić information content (AvgIpc) is 2.47. The van der Waals surface area contributed by atoms with Crippen molar-refractivity contribution < 1.29 is 4.79 Å². The van der Waals surface area contributed by atoms with Crippen molar-refractivity contribution in [2.24, 2.45) is 0 Å². The van der Waals surface area contributed by atoms with Gasteiger partial charge < -0.3 is 4.90 Å². The van der Waals surface area contributed by atoms with E-state index in [1.807, 2.05) is 76.3 Å². The van der Waals surface area contributed by atoms with E-state index in [-0.39, 0.29) is 5.91 Å². The monoisotopic (exact) mass is 345 g/mol. The molecule has 0 aliphatic heterocycles. The molecule has 0 spiro atoms. The number of likely N-dealkylation sites (N-methyl/N-ethyl adjacent to an activating group) is 1. The molecule has 21 heavy (non-hydrogen) atoms. The Morgan fingerprint density at radius 3 is 2.05 bits per heavy atom. The zero-order chi connectivity index (χ0) is 15.6. The molecule has 0 unspecified atom stereocenters. The number of hydrogen-bond donors (Lipinski definition) is 0. The number of halogens is 1. The van der Waals surface area contributed by atoms with Crippen LogP contribution >= 0.6 is 15.9 Å². The molecule has 2 aromatic rings. The van der Waals surface area contributed by atoms with Crippen LogP contribution in [0.2, 0.25) is 0 Å². The first-order valence-electron chi connectivity index (χ1n) is 6.93. The largest absolute Gasteiger partial charge is 0.315 e. The summed E-state index contributed by atoms with van der Waals surface area (Å²) in [4.78, 5) is 14.6. The summed E-state index contributed by atoms with van der Waals surface area (Å²) in [6.45, 7) is 5.96. The molecule has 0 aliphatic rings. The number of aryl methyl sites for hydroxylation is 1. The zero-order valence-electron chi connectivity index (χ0n) is 12.9. The quantitative estimate of drug-likeness (QED) is 0.789. The van der Waals surface area contributed by atoms with Crippen molar-refractivity contribution in [1.29, 1.82) is 0 Å². The molecule has 0 saturated carbocycles. The van der Waals surface area contributed by atoms with Gasteiger partial charge in [-0.25, -0.2) is 0 Å². The summed E-state index contributed by atoms with van der Waals surface area (Å²) < 4.78 is 1.02. The lowest BCUT2D eigenvalue weighted by atomic mass is 9.83. The van der Waals surface area contributed by atoms with Crippen LogP contribution in [0.25, 0.3) is 0 Å². The van der Waals surface area contributed by atoms with Crippen molar-refractivity contribution in [2.75, 3.05) is 11.9 Å². The maximum absolute atomic E-state index is 12.8. The molecule has 3 heteroatoms. The predicted molar refractivity (Wildman–Crippen MR) is 91.8 cm³/mol. The first-order chi connectivity index (χ1) is 9.82. The van der Waals surface area contributed by atoms with Crippen LogP contribution in [0.3, 0.4) is 0 Å². The number of rotatable bonds is 3. The van der Waals surface area contributed by atoms with Crippen LogP contribution in [0.1, 0.15) is 25.0 Å². The van der Waals surface area contributed by atoms with Gasteiger partial charge in [0, 0.05) is 17.2 Å². The van der Waals surface area contributed by atoms with Crippen LogP contribution in [0.15, 0.2) is 53.0 Å². The van der Waals surface area contributed by atoms with E-state index in [1.54, 1.807) is 4.90 Å². The van der Waals surface area contributed by atoms with Crippen molar-refractivity contribution in [2.45, 2.75) is 26.2 Å². The molecule has 0 radical (unpaired) electrons. The summed E-state index contributed by atoms with van der Waals surface area (Å²) in [6.07, 6.45) is 0. The van der Waals surface area contributed by atoms with Gasteiger partial charge >= 0.3 is 0 Å². The van der Waals surface area contributed by atoms with Gasteiger partial charge in [0.2, 0.25) is 5.91 Å². The minimum absolute atomic E-state index is 0.0775. The Morgan fingerprint density at radius 2 is 1.52 bits per heavy atom. The van der Waals surface area contributed by atoms with Crippen molar-refractivity contribution in [1.82, 2.24) is 0 Å². The molecular formula is C18H20BrNO. The van der Waals surface area contributed by atoms with Gasteiger partial charge in [-0.3, -0.25) is 4.79 Å². The maximum Gasteiger partial charge on any atom is 0.236 e. The van der Waals surface area contributed by atoms with E-state index in [2.05, 4.69) is 15.9 Å². The summed E-state index contributed by atoms with van der Waals surface area (Å²) in [6, 6.07) is 15.9. The van der Waals surface area contributed by atoms with Crippen molar-refractivity contribution in [3.05, 3.63) is 64.1 Å². The Morgan fingerprint density at radius 1 is 1.00 bits per heavy atom. The zero-order valence-corrected chi connectivity index (χ0v) is 14.4. The fourth-order valence-corrected chi connectivity index (χ4v) is 2.56. The van der Waals surface area contributed by atoms with Crippen molar-refractivity contribution in [3.63, 3.8) is 0 Å². The topological polar surface area (TPSA) is 20.3 Å².